The van der Waals surface area contributed by atoms with Crippen LogP contribution in [0.5, 0.6) is 0 Å². The van der Waals surface area contributed by atoms with Gasteiger partial charge in [-0.25, -0.2) is 0 Å². The van der Waals surface area contributed by atoms with E-state index in [1.54, 1.807) is 0 Å². The number of aliphatic carboxylic acids is 1. The van der Waals surface area contributed by atoms with E-state index in [4.69, 9.17) is 0 Å². The lowest BCUT2D eigenvalue weighted by atomic mass is 9.98. The molecule has 1 aliphatic heterocycles. The van der Waals surface area contributed by atoms with Crippen LogP contribution >= 0.6 is 0 Å². The van der Waals surface area contributed by atoms with Gasteiger partial charge in [-0.2, -0.15) is 0 Å². The number of ether oxygens (including phenoxy) is 1. The first-order valence-corrected chi connectivity index (χ1v) is 3.00. The van der Waals surface area contributed by atoms with Gasteiger partial charge in [0.2, 0.25) is 0 Å². The Balaban J connectivity index is 2.66. The van der Waals surface area contributed by atoms with Crippen molar-refractivity contribution < 1.29 is 19.4 Å². The van der Waals surface area contributed by atoms with E-state index in [1.165, 1.54) is 6.92 Å². The first-order chi connectivity index (χ1) is 4.63. The zero-order valence-electron chi connectivity index (χ0n) is 5.49. The standard InChI is InChI=1S/C6H8O4/c1-3-4(5(7)8)2-10-6(3)9/h3-4H,2H2,1H3,(H,7,8)/p-1/t3-,4+/m0/s1. The second kappa shape index (κ2) is 2.28. The molecule has 0 aliphatic carbocycles. The Morgan fingerprint density at radius 2 is 2.40 bits per heavy atom. The highest BCUT2D eigenvalue weighted by Crippen LogP contribution is 2.20. The number of rotatable bonds is 1. The van der Waals surface area contributed by atoms with Gasteiger partial charge in [0.15, 0.2) is 0 Å². The third-order valence-electron chi connectivity index (χ3n) is 1.68. The van der Waals surface area contributed by atoms with Gasteiger partial charge < -0.3 is 14.6 Å². The Morgan fingerprint density at radius 3 is 2.60 bits per heavy atom. The zero-order chi connectivity index (χ0) is 7.72. The average molecular weight is 143 g/mol. The lowest BCUT2D eigenvalue weighted by molar-refractivity contribution is -0.312. The fourth-order valence-electron chi connectivity index (χ4n) is 0.884. The molecule has 1 fully saturated rings. The number of hydrogen-bond acceptors (Lipinski definition) is 4. The van der Waals surface area contributed by atoms with Crippen molar-refractivity contribution in [2.75, 3.05) is 6.61 Å². The summed E-state index contributed by atoms with van der Waals surface area (Å²) in [5.41, 5.74) is 0. The summed E-state index contributed by atoms with van der Waals surface area (Å²) in [5, 5.41) is 10.2. The zero-order valence-corrected chi connectivity index (χ0v) is 5.49. The van der Waals surface area contributed by atoms with E-state index in [9.17, 15) is 14.7 Å². The van der Waals surface area contributed by atoms with Crippen LogP contribution in [-0.4, -0.2) is 18.5 Å². The van der Waals surface area contributed by atoms with Gasteiger partial charge in [0.05, 0.1) is 5.92 Å². The van der Waals surface area contributed by atoms with E-state index in [-0.39, 0.29) is 6.61 Å². The maximum Gasteiger partial charge on any atom is 0.309 e. The quantitative estimate of drug-likeness (QED) is 0.421. The minimum Gasteiger partial charge on any atom is -0.550 e. The van der Waals surface area contributed by atoms with E-state index >= 15 is 0 Å². The molecule has 0 aromatic carbocycles. The molecular weight excluding hydrogens is 136 g/mol. The lowest BCUT2D eigenvalue weighted by Crippen LogP contribution is -2.35. The van der Waals surface area contributed by atoms with Crippen molar-refractivity contribution in [2.24, 2.45) is 11.8 Å². The first-order valence-electron chi connectivity index (χ1n) is 3.00. The summed E-state index contributed by atoms with van der Waals surface area (Å²) in [6.45, 7) is 1.48. The Hall–Kier alpha value is -1.06. The van der Waals surface area contributed by atoms with Crippen molar-refractivity contribution in [1.29, 1.82) is 0 Å². The van der Waals surface area contributed by atoms with Gasteiger partial charge in [0.1, 0.15) is 6.61 Å². The minimum atomic E-state index is -1.21. The fourth-order valence-corrected chi connectivity index (χ4v) is 0.884. The molecule has 0 N–H and O–H groups in total. The maximum absolute atomic E-state index is 10.6. The number of carbonyl (C=O) groups is 2. The maximum atomic E-state index is 10.6. The molecule has 4 nitrogen and oxygen atoms in total. The summed E-state index contributed by atoms with van der Waals surface area (Å²) in [7, 11) is 0. The highest BCUT2D eigenvalue weighted by Gasteiger charge is 2.33. The average Bonchev–Trinajstić information content (AvgIpc) is 2.14. The molecule has 0 spiro atoms. The van der Waals surface area contributed by atoms with Crippen LogP contribution in [0.3, 0.4) is 0 Å². The molecule has 0 amide bonds. The molecule has 1 rings (SSSR count). The molecule has 0 radical (unpaired) electrons. The molecular formula is C6H7O4-. The largest absolute Gasteiger partial charge is 0.550 e. The van der Waals surface area contributed by atoms with Crippen molar-refractivity contribution in [3.05, 3.63) is 0 Å². The Bertz CT molecular complexity index is 175. The van der Waals surface area contributed by atoms with E-state index < -0.39 is 23.8 Å². The number of carbonyl (C=O) groups excluding carboxylic acids is 2. The predicted octanol–water partition coefficient (Wildman–Crippen LogP) is -1.45. The lowest BCUT2D eigenvalue weighted by Gasteiger charge is -2.10. The Morgan fingerprint density at radius 1 is 1.80 bits per heavy atom. The Labute approximate surface area is 57.8 Å². The topological polar surface area (TPSA) is 66.4 Å². The Kier molecular flexibility index (Phi) is 1.61. The molecule has 0 aromatic rings. The summed E-state index contributed by atoms with van der Waals surface area (Å²) >= 11 is 0. The third kappa shape index (κ3) is 0.964. The molecule has 56 valence electrons. The molecule has 1 saturated heterocycles. The van der Waals surface area contributed by atoms with Crippen LogP contribution in [-0.2, 0) is 14.3 Å². The summed E-state index contributed by atoms with van der Waals surface area (Å²) in [6.07, 6.45) is 0. The molecule has 0 saturated carbocycles. The van der Waals surface area contributed by atoms with Gasteiger partial charge >= 0.3 is 5.97 Å². The summed E-state index contributed by atoms with van der Waals surface area (Å²) in [5.74, 6) is -2.97. The van der Waals surface area contributed by atoms with Gasteiger partial charge in [0, 0.05) is 11.9 Å². The summed E-state index contributed by atoms with van der Waals surface area (Å²) in [6, 6.07) is 0. The second-order valence-electron chi connectivity index (χ2n) is 2.34. The van der Waals surface area contributed by atoms with E-state index in [0.29, 0.717) is 0 Å². The third-order valence-corrected chi connectivity index (χ3v) is 1.68. The molecule has 1 aliphatic rings. The molecule has 2 atom stereocenters. The molecule has 10 heavy (non-hydrogen) atoms. The van der Waals surface area contributed by atoms with E-state index in [1.807, 2.05) is 0 Å². The molecule has 0 bridgehead atoms. The number of cyclic esters (lactones) is 1. The van der Waals surface area contributed by atoms with Crippen LogP contribution in [0.1, 0.15) is 6.92 Å². The van der Waals surface area contributed by atoms with Crippen molar-refractivity contribution >= 4 is 11.9 Å². The van der Waals surface area contributed by atoms with Crippen molar-refractivity contribution in [1.82, 2.24) is 0 Å². The van der Waals surface area contributed by atoms with Gasteiger partial charge in [0.25, 0.3) is 0 Å². The van der Waals surface area contributed by atoms with Crippen molar-refractivity contribution in [3.8, 4) is 0 Å². The first kappa shape index (κ1) is 7.05. The van der Waals surface area contributed by atoms with Gasteiger partial charge in [-0.3, -0.25) is 4.79 Å². The second-order valence-corrected chi connectivity index (χ2v) is 2.34. The molecule has 1 heterocycles. The monoisotopic (exact) mass is 143 g/mol. The van der Waals surface area contributed by atoms with Crippen molar-refractivity contribution in [3.63, 3.8) is 0 Å². The van der Waals surface area contributed by atoms with E-state index in [2.05, 4.69) is 4.74 Å². The van der Waals surface area contributed by atoms with Crippen molar-refractivity contribution in [2.45, 2.75) is 6.92 Å². The highest BCUT2D eigenvalue weighted by atomic mass is 16.5. The molecule has 0 aromatic heterocycles. The van der Waals surface area contributed by atoms with Gasteiger partial charge in [-0.05, 0) is 0 Å². The minimum absolute atomic E-state index is 0.0394. The number of carboxylic acid groups (broad SMARTS) is 1. The van der Waals surface area contributed by atoms with Crippen LogP contribution < -0.4 is 5.11 Å². The molecule has 0 unspecified atom stereocenters. The fraction of sp³-hybridized carbons (Fsp3) is 0.667. The van der Waals surface area contributed by atoms with Gasteiger partial charge in [-0.1, -0.05) is 6.92 Å². The SMILES string of the molecule is C[C@@H]1C(=O)OC[C@H]1C(=O)[O-]. The normalized spacial score (nSPS) is 31.9. The van der Waals surface area contributed by atoms with Crippen LogP contribution in [0.4, 0.5) is 0 Å². The number of carboxylic acids is 1. The highest BCUT2D eigenvalue weighted by molar-refractivity contribution is 5.82. The predicted molar refractivity (Wildman–Crippen MR) is 28.6 cm³/mol. The van der Waals surface area contributed by atoms with E-state index in [0.717, 1.165) is 0 Å². The van der Waals surface area contributed by atoms with Gasteiger partial charge in [-0.15, -0.1) is 0 Å². The summed E-state index contributed by atoms with van der Waals surface area (Å²) < 4.78 is 4.48. The summed E-state index contributed by atoms with van der Waals surface area (Å²) in [4.78, 5) is 20.8. The molecule has 4 heteroatoms. The number of hydrogen-bond donors (Lipinski definition) is 0. The number of esters is 1. The van der Waals surface area contributed by atoms with Crippen LogP contribution in [0, 0.1) is 11.8 Å². The van der Waals surface area contributed by atoms with Crippen LogP contribution in [0.2, 0.25) is 0 Å². The van der Waals surface area contributed by atoms with Crippen LogP contribution in [0.25, 0.3) is 0 Å². The smallest absolute Gasteiger partial charge is 0.309 e. The van der Waals surface area contributed by atoms with Crippen LogP contribution in [0.15, 0.2) is 0 Å².